The molecule has 0 unspecified atom stereocenters. The quantitative estimate of drug-likeness (QED) is 0.0359. The molecule has 0 aliphatic rings. The number of rotatable bonds is 18. The summed E-state index contributed by atoms with van der Waals surface area (Å²) in [6.07, 6.45) is 3.29. The van der Waals surface area contributed by atoms with Gasteiger partial charge in [0.1, 0.15) is 35.4 Å². The van der Waals surface area contributed by atoms with E-state index in [2.05, 4.69) is 36.5 Å². The van der Waals surface area contributed by atoms with Crippen molar-refractivity contribution in [3.8, 4) is 11.1 Å². The zero-order chi connectivity index (χ0) is 59.8. The Labute approximate surface area is 478 Å². The summed E-state index contributed by atoms with van der Waals surface area (Å²) in [7, 11) is 0.439. The van der Waals surface area contributed by atoms with Gasteiger partial charge in [-0.1, -0.05) is 110 Å². The van der Waals surface area contributed by atoms with Crippen LogP contribution < -0.4 is 27.2 Å². The van der Waals surface area contributed by atoms with Crippen molar-refractivity contribution < 1.29 is 56.3 Å². The van der Waals surface area contributed by atoms with Gasteiger partial charge in [-0.2, -0.15) is 0 Å². The number of halogens is 5. The molecular weight excluding hydrogens is 1130 g/mol. The molecule has 2 amide bonds. The number of carbonyl (C=O) groups excluding carboxylic acids is 4. The fourth-order valence-corrected chi connectivity index (χ4v) is 9.32. The molecular formula is C60H60BBrF4N6O10. The molecule has 4 N–H and O–H groups in total. The number of methoxy groups -OCH3 is 2. The van der Waals surface area contributed by atoms with E-state index in [0.29, 0.717) is 40.2 Å². The molecule has 0 saturated heterocycles. The number of benzene rings is 6. The molecule has 0 saturated carbocycles. The van der Waals surface area contributed by atoms with Crippen LogP contribution >= 0.6 is 15.9 Å². The summed E-state index contributed by atoms with van der Waals surface area (Å²) in [4.78, 5) is 86.6. The summed E-state index contributed by atoms with van der Waals surface area (Å²) in [6, 6.07) is 31.1. The number of hydrogen-bond acceptors (Lipinski definition) is 12. The Morgan fingerprint density at radius 2 is 0.976 bits per heavy atom. The molecule has 22 heteroatoms. The first kappa shape index (κ1) is 62.9. The number of ether oxygens (including phenoxy) is 2. The van der Waals surface area contributed by atoms with E-state index in [1.54, 1.807) is 60.7 Å². The number of hydrogen-bond donors (Lipinski definition) is 4. The van der Waals surface area contributed by atoms with Gasteiger partial charge in [-0.25, -0.2) is 27.5 Å². The van der Waals surface area contributed by atoms with E-state index in [9.17, 15) is 46.3 Å². The number of carbonyl (C=O) groups is 4. The van der Waals surface area contributed by atoms with E-state index in [1.807, 2.05) is 58.0 Å². The highest BCUT2D eigenvalue weighted by Gasteiger charge is 2.30. The summed E-state index contributed by atoms with van der Waals surface area (Å²) < 4.78 is 67.2. The molecule has 0 spiro atoms. The summed E-state index contributed by atoms with van der Waals surface area (Å²) >= 11 is 3.43. The lowest BCUT2D eigenvalue weighted by molar-refractivity contribution is -0.142. The maximum atomic E-state index is 14.5. The van der Waals surface area contributed by atoms with Crippen molar-refractivity contribution in [2.24, 2.45) is 11.8 Å². The predicted molar refractivity (Wildman–Crippen MR) is 306 cm³/mol. The van der Waals surface area contributed by atoms with Gasteiger partial charge >= 0.3 is 19.1 Å². The maximum absolute atomic E-state index is 14.5. The molecule has 0 aliphatic carbocycles. The first-order valence-corrected chi connectivity index (χ1v) is 26.7. The number of nitrogens with zero attached hydrogens (tertiary/aromatic N) is 4. The SMILES string of the molecule is COC(=O)C[C@H](NC(=O)[C@H](CC(C)C)n1cnc2ccccc2c1=O)c1cccc(-c2c(F)cccc2F)c1.COC(=O)C[C@H](NC(=O)[C@H](CC(C)C)n1cnc2ccccc2c1=O)c1cccc(Br)c1.OB(O)c1c(F)cccc1F. The first-order chi connectivity index (χ1) is 39.1. The summed E-state index contributed by atoms with van der Waals surface area (Å²) in [5.74, 6) is -5.08. The van der Waals surface area contributed by atoms with Crippen LogP contribution in [-0.2, 0) is 28.7 Å². The van der Waals surface area contributed by atoms with E-state index in [0.717, 1.165) is 40.4 Å². The van der Waals surface area contributed by atoms with Crippen molar-refractivity contribution in [2.75, 3.05) is 14.2 Å². The van der Waals surface area contributed by atoms with Gasteiger partial charge in [0.05, 0.1) is 84.6 Å². The van der Waals surface area contributed by atoms with Gasteiger partial charge in [0, 0.05) is 4.47 Å². The molecule has 16 nitrogen and oxygen atoms in total. The highest BCUT2D eigenvalue weighted by molar-refractivity contribution is 9.10. The highest BCUT2D eigenvalue weighted by Crippen LogP contribution is 2.31. The Kier molecular flexibility index (Phi) is 22.5. The van der Waals surface area contributed by atoms with Crippen molar-refractivity contribution >= 4 is 74.1 Å². The molecule has 2 aromatic heterocycles. The molecule has 8 aromatic rings. The Hall–Kier alpha value is -8.34. The van der Waals surface area contributed by atoms with Gasteiger partial charge in [0.25, 0.3) is 11.1 Å². The van der Waals surface area contributed by atoms with Gasteiger partial charge in [0.2, 0.25) is 11.8 Å². The molecule has 82 heavy (non-hydrogen) atoms. The van der Waals surface area contributed by atoms with E-state index in [-0.39, 0.29) is 52.8 Å². The average molecular weight is 1190 g/mol. The number of para-hydroxylation sites is 2. The lowest BCUT2D eigenvalue weighted by Crippen LogP contribution is -2.40. The lowest BCUT2D eigenvalue weighted by atomic mass is 9.79. The minimum absolute atomic E-state index is 0.0298. The van der Waals surface area contributed by atoms with Gasteiger partial charge < -0.3 is 30.2 Å². The summed E-state index contributed by atoms with van der Waals surface area (Å²) in [5.41, 5.74) is 0.985. The second-order valence-corrected chi connectivity index (χ2v) is 20.6. The Balaban J connectivity index is 0.000000225. The van der Waals surface area contributed by atoms with Crippen LogP contribution in [0.15, 0.2) is 160 Å². The molecule has 0 bridgehead atoms. The zero-order valence-electron chi connectivity index (χ0n) is 45.6. The number of aromatic nitrogens is 4. The summed E-state index contributed by atoms with van der Waals surface area (Å²) in [6.45, 7) is 7.83. The van der Waals surface area contributed by atoms with Gasteiger partial charge in [0.15, 0.2) is 0 Å². The number of fused-ring (bicyclic) bond motifs is 2. The van der Waals surface area contributed by atoms with Gasteiger partial charge in [-0.15, -0.1) is 0 Å². The summed E-state index contributed by atoms with van der Waals surface area (Å²) in [5, 5.41) is 23.6. The third-order valence-corrected chi connectivity index (χ3v) is 13.4. The topological polar surface area (TPSA) is 221 Å². The number of amides is 2. The third kappa shape index (κ3) is 16.4. The number of esters is 2. The predicted octanol–water partition coefficient (Wildman–Crippen LogP) is 9.16. The lowest BCUT2D eigenvalue weighted by Gasteiger charge is -2.25. The van der Waals surface area contributed by atoms with Crippen LogP contribution in [0.4, 0.5) is 17.6 Å². The van der Waals surface area contributed by atoms with Crippen molar-refractivity contribution in [1.82, 2.24) is 29.7 Å². The van der Waals surface area contributed by atoms with Crippen LogP contribution in [0.5, 0.6) is 0 Å². The minimum Gasteiger partial charge on any atom is -0.469 e. The smallest absolute Gasteiger partial charge is 0.469 e. The van der Waals surface area contributed by atoms with Crippen LogP contribution in [-0.4, -0.2) is 74.2 Å². The average Bonchev–Trinajstić information content (AvgIpc) is 3.64. The molecule has 0 fully saturated rings. The molecule has 4 atom stereocenters. The monoisotopic (exact) mass is 1190 g/mol. The van der Waals surface area contributed by atoms with E-state index in [4.69, 9.17) is 19.5 Å². The second-order valence-electron chi connectivity index (χ2n) is 19.7. The molecule has 0 radical (unpaired) electrons. The van der Waals surface area contributed by atoms with E-state index < -0.39 is 77.9 Å². The van der Waals surface area contributed by atoms with Gasteiger partial charge in [-0.3, -0.25) is 37.9 Å². The number of nitrogens with one attached hydrogen (secondary N) is 2. The molecule has 6 aromatic carbocycles. The van der Waals surface area contributed by atoms with Crippen LogP contribution in [0, 0.1) is 35.1 Å². The first-order valence-electron chi connectivity index (χ1n) is 25.9. The van der Waals surface area contributed by atoms with Crippen molar-refractivity contribution in [3.05, 3.63) is 206 Å². The second kappa shape index (κ2) is 29.4. The standard InChI is InChI=1S/C30H29F2N3O4.C24H26BrN3O4.C6H5BF2O2/c1-18(2)14-26(35-17-33-24-13-5-4-10-21(24)30(35)38)29(37)34-25(16-27(36)39-3)19-8-6-9-20(15-19)28-22(31)11-7-12-23(28)32;1-15(2)11-21(28-14-26-19-10-5-4-9-18(19)24(28)31)23(30)27-20(13-22(29)32-3)16-7-6-8-17(25)12-16;8-4-2-1-3-5(9)6(4)7(10)11/h4-13,15,17-18,25-26H,14,16H2,1-3H3,(H,34,37);4-10,12,14-15,20-21H,11,13H2,1-3H3,(H,27,30);1-3,10-11H/t25-,26-;20-,21-;/m00./s1. The van der Waals surface area contributed by atoms with Crippen molar-refractivity contribution in [3.63, 3.8) is 0 Å². The Morgan fingerprint density at radius 3 is 1.38 bits per heavy atom. The van der Waals surface area contributed by atoms with Gasteiger partial charge in [-0.05, 0) is 108 Å². The fourth-order valence-electron chi connectivity index (χ4n) is 8.90. The zero-order valence-corrected chi connectivity index (χ0v) is 47.2. The maximum Gasteiger partial charge on any atom is 0.494 e. The molecule has 0 aliphatic heterocycles. The van der Waals surface area contributed by atoms with Crippen LogP contribution in [0.3, 0.4) is 0 Å². The molecule has 2 heterocycles. The van der Waals surface area contributed by atoms with Crippen LogP contribution in [0.2, 0.25) is 0 Å². The normalized spacial score (nSPS) is 12.5. The highest BCUT2D eigenvalue weighted by atomic mass is 79.9. The third-order valence-electron chi connectivity index (χ3n) is 12.9. The van der Waals surface area contributed by atoms with Crippen molar-refractivity contribution in [2.45, 2.75) is 77.5 Å². The van der Waals surface area contributed by atoms with Crippen LogP contribution in [0.1, 0.15) is 88.7 Å². The minimum atomic E-state index is -2.10. The van der Waals surface area contributed by atoms with Crippen LogP contribution in [0.25, 0.3) is 32.9 Å². The van der Waals surface area contributed by atoms with Crippen molar-refractivity contribution in [1.29, 1.82) is 0 Å². The Bertz CT molecular complexity index is 3640. The van der Waals surface area contributed by atoms with E-state index in [1.165, 1.54) is 48.1 Å². The Morgan fingerprint density at radius 1 is 0.573 bits per heavy atom. The largest absolute Gasteiger partial charge is 0.494 e. The van der Waals surface area contributed by atoms with E-state index >= 15 is 0 Å². The molecule has 8 rings (SSSR count). The molecule has 428 valence electrons. The fraction of sp³-hybridized carbons (Fsp3) is 0.267.